The molecule has 6 heteroatoms. The van der Waals surface area contributed by atoms with Crippen molar-refractivity contribution in [3.8, 4) is 0 Å². The summed E-state index contributed by atoms with van der Waals surface area (Å²) < 4.78 is 32.2. The van der Waals surface area contributed by atoms with E-state index < -0.39 is 11.6 Å². The molecule has 1 amide bonds. The number of halogens is 2. The lowest BCUT2D eigenvalue weighted by Crippen LogP contribution is -2.31. The van der Waals surface area contributed by atoms with E-state index in [1.54, 1.807) is 13.1 Å². The first kappa shape index (κ1) is 19.2. The highest BCUT2D eigenvalue weighted by Crippen LogP contribution is 2.33. The zero-order valence-electron chi connectivity index (χ0n) is 16.4. The molecule has 2 aromatic carbocycles. The standard InChI is InChI=1S/C23H22F2N2O2/c1-15-11-17-5-3-4-6-21(17)27(15)14-22-18(9-10-29-22)23(28)26(2)13-16-7-8-19(24)20(25)12-16/h3-10,12,15H,11,13-14H2,1-2H3. The Hall–Kier alpha value is -3.15. The Balaban J connectivity index is 1.51. The second-order valence-electron chi connectivity index (χ2n) is 7.48. The van der Waals surface area contributed by atoms with Gasteiger partial charge in [-0.25, -0.2) is 8.78 Å². The Bertz CT molecular complexity index is 1050. The van der Waals surface area contributed by atoms with E-state index in [-0.39, 0.29) is 12.5 Å². The van der Waals surface area contributed by atoms with E-state index in [2.05, 4.69) is 24.0 Å². The van der Waals surface area contributed by atoms with Gasteiger partial charge < -0.3 is 14.2 Å². The van der Waals surface area contributed by atoms with Crippen LogP contribution in [0.25, 0.3) is 0 Å². The number of furan rings is 1. The SMILES string of the molecule is CC1Cc2ccccc2N1Cc1occc1C(=O)N(C)Cc1ccc(F)c(F)c1. The zero-order valence-corrected chi connectivity index (χ0v) is 16.4. The monoisotopic (exact) mass is 396 g/mol. The van der Waals surface area contributed by atoms with Crippen LogP contribution in [0.4, 0.5) is 14.5 Å². The second kappa shape index (κ2) is 7.70. The van der Waals surface area contributed by atoms with E-state index in [1.807, 2.05) is 12.1 Å². The van der Waals surface area contributed by atoms with Crippen LogP contribution < -0.4 is 4.90 Å². The van der Waals surface area contributed by atoms with Crippen molar-refractivity contribution in [1.82, 2.24) is 4.90 Å². The summed E-state index contributed by atoms with van der Waals surface area (Å²) in [5.74, 6) is -1.46. The summed E-state index contributed by atoms with van der Waals surface area (Å²) in [5.41, 5.74) is 3.44. The van der Waals surface area contributed by atoms with Crippen molar-refractivity contribution in [3.63, 3.8) is 0 Å². The lowest BCUT2D eigenvalue weighted by Gasteiger charge is -2.25. The van der Waals surface area contributed by atoms with Gasteiger partial charge in [0.2, 0.25) is 0 Å². The van der Waals surface area contributed by atoms with Crippen LogP contribution in [0.3, 0.4) is 0 Å². The third kappa shape index (κ3) is 3.75. The number of anilines is 1. The number of hydrogen-bond acceptors (Lipinski definition) is 3. The summed E-state index contributed by atoms with van der Waals surface area (Å²) in [6, 6.07) is 13.9. The summed E-state index contributed by atoms with van der Waals surface area (Å²) in [6.07, 6.45) is 2.47. The Labute approximate surface area is 168 Å². The summed E-state index contributed by atoms with van der Waals surface area (Å²) >= 11 is 0. The maximum absolute atomic E-state index is 13.5. The van der Waals surface area contributed by atoms with Crippen LogP contribution >= 0.6 is 0 Å². The minimum Gasteiger partial charge on any atom is -0.467 e. The molecule has 1 aliphatic rings. The summed E-state index contributed by atoms with van der Waals surface area (Å²) in [5, 5.41) is 0. The smallest absolute Gasteiger partial charge is 0.257 e. The predicted molar refractivity (Wildman–Crippen MR) is 107 cm³/mol. The first-order chi connectivity index (χ1) is 13.9. The average Bonchev–Trinajstić information content (AvgIpc) is 3.29. The molecule has 0 saturated carbocycles. The van der Waals surface area contributed by atoms with Crippen molar-refractivity contribution in [2.45, 2.75) is 32.5 Å². The van der Waals surface area contributed by atoms with Crippen molar-refractivity contribution in [2.75, 3.05) is 11.9 Å². The number of hydrogen-bond donors (Lipinski definition) is 0. The maximum atomic E-state index is 13.5. The number of fused-ring (bicyclic) bond motifs is 1. The first-order valence-electron chi connectivity index (χ1n) is 9.54. The van der Waals surface area contributed by atoms with Crippen LogP contribution in [0.15, 0.2) is 59.2 Å². The summed E-state index contributed by atoms with van der Waals surface area (Å²) in [6.45, 7) is 2.81. The van der Waals surface area contributed by atoms with Gasteiger partial charge in [0.15, 0.2) is 11.6 Å². The topological polar surface area (TPSA) is 36.7 Å². The Morgan fingerprint density at radius 3 is 2.76 bits per heavy atom. The van der Waals surface area contributed by atoms with E-state index in [0.29, 0.717) is 29.5 Å². The van der Waals surface area contributed by atoms with Crippen molar-refractivity contribution in [3.05, 3.63) is 88.9 Å². The van der Waals surface area contributed by atoms with Crippen LogP contribution in [-0.4, -0.2) is 23.9 Å². The third-order valence-electron chi connectivity index (χ3n) is 5.39. The van der Waals surface area contributed by atoms with E-state index in [4.69, 9.17) is 4.42 Å². The zero-order chi connectivity index (χ0) is 20.5. The van der Waals surface area contributed by atoms with Gasteiger partial charge in [0.25, 0.3) is 5.91 Å². The Morgan fingerprint density at radius 2 is 1.97 bits per heavy atom. The minimum absolute atomic E-state index is 0.170. The fourth-order valence-corrected chi connectivity index (χ4v) is 3.87. The van der Waals surface area contributed by atoms with Crippen molar-refractivity contribution >= 4 is 11.6 Å². The number of amides is 1. The van der Waals surface area contributed by atoms with Crippen molar-refractivity contribution < 1.29 is 18.0 Å². The van der Waals surface area contributed by atoms with Gasteiger partial charge >= 0.3 is 0 Å². The number of carbonyl (C=O) groups is 1. The maximum Gasteiger partial charge on any atom is 0.257 e. The molecule has 150 valence electrons. The van der Waals surface area contributed by atoms with Gasteiger partial charge in [-0.1, -0.05) is 24.3 Å². The average molecular weight is 396 g/mol. The van der Waals surface area contributed by atoms with Gasteiger partial charge in [0.05, 0.1) is 18.4 Å². The number of para-hydroxylation sites is 1. The molecule has 4 nitrogen and oxygen atoms in total. The molecule has 0 radical (unpaired) electrons. The summed E-state index contributed by atoms with van der Waals surface area (Å²) in [7, 11) is 1.63. The Morgan fingerprint density at radius 1 is 1.17 bits per heavy atom. The lowest BCUT2D eigenvalue weighted by molar-refractivity contribution is 0.0782. The molecule has 29 heavy (non-hydrogen) atoms. The van der Waals surface area contributed by atoms with Crippen LogP contribution in [0, 0.1) is 11.6 Å². The molecule has 1 unspecified atom stereocenters. The number of benzene rings is 2. The van der Waals surface area contributed by atoms with Gasteiger partial charge in [-0.15, -0.1) is 0 Å². The van der Waals surface area contributed by atoms with Crippen molar-refractivity contribution in [1.29, 1.82) is 0 Å². The van der Waals surface area contributed by atoms with Gasteiger partial charge in [-0.3, -0.25) is 4.79 Å². The molecule has 3 aromatic rings. The predicted octanol–water partition coefficient (Wildman–Crippen LogP) is 4.78. The highest BCUT2D eigenvalue weighted by molar-refractivity contribution is 5.95. The number of rotatable bonds is 5. The fourth-order valence-electron chi connectivity index (χ4n) is 3.87. The molecule has 0 bridgehead atoms. The molecule has 1 aromatic heterocycles. The number of carbonyl (C=O) groups excluding carboxylic acids is 1. The van der Waals surface area contributed by atoms with E-state index in [0.717, 1.165) is 24.2 Å². The second-order valence-corrected chi connectivity index (χ2v) is 7.48. The molecule has 0 spiro atoms. The van der Waals surface area contributed by atoms with Gasteiger partial charge in [0, 0.05) is 25.3 Å². The van der Waals surface area contributed by atoms with Gasteiger partial charge in [-0.2, -0.15) is 0 Å². The van der Waals surface area contributed by atoms with E-state index in [9.17, 15) is 13.6 Å². The van der Waals surface area contributed by atoms with Crippen LogP contribution in [-0.2, 0) is 19.5 Å². The third-order valence-corrected chi connectivity index (χ3v) is 5.39. The molecule has 0 saturated heterocycles. The van der Waals surface area contributed by atoms with Crippen LogP contribution in [0.2, 0.25) is 0 Å². The molecule has 0 fully saturated rings. The highest BCUT2D eigenvalue weighted by Gasteiger charge is 2.28. The van der Waals surface area contributed by atoms with Crippen molar-refractivity contribution in [2.24, 2.45) is 0 Å². The molecule has 2 heterocycles. The van der Waals surface area contributed by atoms with Gasteiger partial charge in [0.1, 0.15) is 5.76 Å². The quantitative estimate of drug-likeness (QED) is 0.623. The van der Waals surface area contributed by atoms with Crippen LogP contribution in [0.5, 0.6) is 0 Å². The molecular weight excluding hydrogens is 374 g/mol. The number of nitrogens with zero attached hydrogens (tertiary/aromatic N) is 2. The van der Waals surface area contributed by atoms with E-state index >= 15 is 0 Å². The largest absolute Gasteiger partial charge is 0.467 e. The Kier molecular flexibility index (Phi) is 5.09. The molecular formula is C23H22F2N2O2. The molecule has 0 aliphatic carbocycles. The molecule has 0 N–H and O–H groups in total. The minimum atomic E-state index is -0.922. The normalized spacial score (nSPS) is 15.4. The lowest BCUT2D eigenvalue weighted by atomic mass is 10.1. The highest BCUT2D eigenvalue weighted by atomic mass is 19.2. The first-order valence-corrected chi connectivity index (χ1v) is 9.54. The fraction of sp³-hybridized carbons (Fsp3) is 0.261. The molecule has 1 aliphatic heterocycles. The summed E-state index contributed by atoms with van der Waals surface area (Å²) in [4.78, 5) is 16.7. The molecule has 4 rings (SSSR count). The molecule has 1 atom stereocenters. The van der Waals surface area contributed by atoms with Crippen LogP contribution in [0.1, 0.15) is 34.2 Å². The van der Waals surface area contributed by atoms with Gasteiger partial charge in [-0.05, 0) is 48.7 Å². The van der Waals surface area contributed by atoms with E-state index in [1.165, 1.54) is 22.8 Å².